The Hall–Kier alpha value is -1.47. The Labute approximate surface area is 139 Å². The molecular weight excluding hydrogens is 331 g/mol. The predicted octanol–water partition coefficient (Wildman–Crippen LogP) is 2.00. The number of benzene rings is 1. The minimum Gasteiger partial charge on any atom is -0.368 e. The van der Waals surface area contributed by atoms with Crippen molar-refractivity contribution in [2.45, 2.75) is 6.18 Å². The number of nitrogens with zero attached hydrogens (tertiary/aromatic N) is 2. The van der Waals surface area contributed by atoms with Crippen molar-refractivity contribution in [2.75, 3.05) is 44.2 Å². The van der Waals surface area contributed by atoms with Crippen LogP contribution in [0.25, 0.3) is 0 Å². The number of amides is 1. The highest BCUT2D eigenvalue weighted by molar-refractivity contribution is 5.85. The summed E-state index contributed by atoms with van der Waals surface area (Å²) in [6.45, 7) is 4.04. The molecule has 1 aromatic carbocycles. The van der Waals surface area contributed by atoms with Crippen molar-refractivity contribution in [1.82, 2.24) is 10.2 Å². The lowest BCUT2D eigenvalue weighted by molar-refractivity contribution is -0.138. The van der Waals surface area contributed by atoms with Gasteiger partial charge in [0.15, 0.2) is 0 Å². The summed E-state index contributed by atoms with van der Waals surface area (Å²) < 4.78 is 37.7. The number of hydrogen-bond donors (Lipinski definition) is 1. The van der Waals surface area contributed by atoms with Crippen molar-refractivity contribution in [3.8, 4) is 0 Å². The molecule has 2 saturated heterocycles. The van der Waals surface area contributed by atoms with E-state index >= 15 is 0 Å². The van der Waals surface area contributed by atoms with Crippen molar-refractivity contribution in [3.63, 3.8) is 0 Å². The second-order valence-electron chi connectivity index (χ2n) is 5.71. The minimum absolute atomic E-state index is 0. The second kappa shape index (κ2) is 6.97. The molecule has 1 aromatic rings. The molecule has 0 spiro atoms. The summed E-state index contributed by atoms with van der Waals surface area (Å²) in [5, 5.41) is 3.08. The van der Waals surface area contributed by atoms with Crippen LogP contribution >= 0.6 is 12.4 Å². The molecule has 0 radical (unpaired) electrons. The number of piperazine rings is 1. The zero-order valence-electron chi connectivity index (χ0n) is 12.5. The lowest BCUT2D eigenvalue weighted by atomic mass is 10.0. The molecule has 0 atom stereocenters. The van der Waals surface area contributed by atoms with Crippen molar-refractivity contribution in [2.24, 2.45) is 5.92 Å². The largest absolute Gasteiger partial charge is 0.416 e. The average Bonchev–Trinajstić information content (AvgIpc) is 2.45. The molecule has 1 amide bonds. The van der Waals surface area contributed by atoms with E-state index < -0.39 is 11.7 Å². The Morgan fingerprint density at radius 1 is 1.04 bits per heavy atom. The Morgan fingerprint density at radius 3 is 2.04 bits per heavy atom. The maximum Gasteiger partial charge on any atom is 0.416 e. The number of nitrogens with one attached hydrogen (secondary N) is 1. The first-order valence-electron chi connectivity index (χ1n) is 7.37. The van der Waals surface area contributed by atoms with Crippen LogP contribution in [0.5, 0.6) is 0 Å². The van der Waals surface area contributed by atoms with Gasteiger partial charge in [-0.1, -0.05) is 0 Å². The summed E-state index contributed by atoms with van der Waals surface area (Å²) in [4.78, 5) is 16.0. The Kier molecular flexibility index (Phi) is 5.41. The van der Waals surface area contributed by atoms with Gasteiger partial charge in [0.2, 0.25) is 5.91 Å². The summed E-state index contributed by atoms with van der Waals surface area (Å²) in [5.41, 5.74) is 0.132. The topological polar surface area (TPSA) is 35.6 Å². The van der Waals surface area contributed by atoms with Crippen LogP contribution in [0.3, 0.4) is 0 Å². The molecule has 0 bridgehead atoms. The maximum atomic E-state index is 12.6. The molecule has 2 aliphatic rings. The molecule has 2 heterocycles. The lowest BCUT2D eigenvalue weighted by Crippen LogP contribution is -2.56. The zero-order valence-corrected chi connectivity index (χ0v) is 13.3. The van der Waals surface area contributed by atoms with E-state index in [1.54, 1.807) is 0 Å². The van der Waals surface area contributed by atoms with Crippen LogP contribution in [-0.2, 0) is 11.0 Å². The molecule has 0 aliphatic carbocycles. The minimum atomic E-state index is -4.31. The van der Waals surface area contributed by atoms with Crippen molar-refractivity contribution < 1.29 is 18.0 Å². The van der Waals surface area contributed by atoms with Crippen molar-refractivity contribution >= 4 is 24.0 Å². The fourth-order valence-corrected chi connectivity index (χ4v) is 2.77. The van der Waals surface area contributed by atoms with Gasteiger partial charge in [-0.3, -0.25) is 4.79 Å². The van der Waals surface area contributed by atoms with E-state index in [1.807, 2.05) is 9.80 Å². The number of hydrogen-bond acceptors (Lipinski definition) is 3. The molecule has 8 heteroatoms. The van der Waals surface area contributed by atoms with Crippen LogP contribution in [0.4, 0.5) is 18.9 Å². The number of alkyl halides is 3. The quantitative estimate of drug-likeness (QED) is 0.887. The van der Waals surface area contributed by atoms with E-state index in [-0.39, 0.29) is 24.2 Å². The molecule has 0 aromatic heterocycles. The number of anilines is 1. The molecule has 0 saturated carbocycles. The lowest BCUT2D eigenvalue weighted by Gasteiger charge is -2.39. The third-order valence-corrected chi connectivity index (χ3v) is 4.28. The Bertz CT molecular complexity index is 538. The van der Waals surface area contributed by atoms with E-state index in [4.69, 9.17) is 0 Å². The highest BCUT2D eigenvalue weighted by Gasteiger charge is 2.32. The van der Waals surface area contributed by atoms with Gasteiger partial charge in [0, 0.05) is 45.0 Å². The summed E-state index contributed by atoms with van der Waals surface area (Å²) in [7, 11) is 0. The van der Waals surface area contributed by atoms with E-state index in [2.05, 4.69) is 5.32 Å². The van der Waals surface area contributed by atoms with Gasteiger partial charge < -0.3 is 15.1 Å². The Balaban J connectivity index is 0.00000192. The summed E-state index contributed by atoms with van der Waals surface area (Å²) in [6.07, 6.45) is -4.31. The van der Waals surface area contributed by atoms with Gasteiger partial charge in [-0.2, -0.15) is 13.2 Å². The Morgan fingerprint density at radius 2 is 1.61 bits per heavy atom. The molecule has 0 unspecified atom stereocenters. The van der Waals surface area contributed by atoms with E-state index in [0.717, 1.165) is 30.9 Å². The highest BCUT2D eigenvalue weighted by atomic mass is 35.5. The van der Waals surface area contributed by atoms with Crippen LogP contribution in [0.1, 0.15) is 5.56 Å². The van der Waals surface area contributed by atoms with Crippen molar-refractivity contribution in [1.29, 1.82) is 0 Å². The fraction of sp³-hybridized carbons (Fsp3) is 0.533. The fourth-order valence-electron chi connectivity index (χ4n) is 2.77. The van der Waals surface area contributed by atoms with Crippen LogP contribution in [0, 0.1) is 5.92 Å². The molecular formula is C15H19ClF3N3O. The number of carbonyl (C=O) groups is 1. The zero-order chi connectivity index (χ0) is 15.7. The third kappa shape index (κ3) is 3.90. The standard InChI is InChI=1S/C15H18F3N3O.ClH/c16-15(17,18)12-1-3-13(4-2-12)20-5-7-21(8-6-20)14(22)11-9-19-10-11;/h1-4,11,19H,5-10H2;1H. The van der Waals surface area contributed by atoms with Crippen LogP contribution < -0.4 is 10.2 Å². The first kappa shape index (κ1) is 17.9. The first-order valence-corrected chi connectivity index (χ1v) is 7.37. The van der Waals surface area contributed by atoms with Crippen LogP contribution in [0.2, 0.25) is 0 Å². The van der Waals surface area contributed by atoms with E-state index in [0.29, 0.717) is 26.2 Å². The van der Waals surface area contributed by atoms with Gasteiger partial charge in [0.25, 0.3) is 0 Å². The first-order chi connectivity index (χ1) is 10.4. The molecule has 1 N–H and O–H groups in total. The highest BCUT2D eigenvalue weighted by Crippen LogP contribution is 2.30. The van der Waals surface area contributed by atoms with E-state index in [9.17, 15) is 18.0 Å². The molecule has 2 fully saturated rings. The van der Waals surface area contributed by atoms with Crippen LogP contribution in [0.15, 0.2) is 24.3 Å². The third-order valence-electron chi connectivity index (χ3n) is 4.28. The van der Waals surface area contributed by atoms with Gasteiger partial charge in [-0.15, -0.1) is 12.4 Å². The average molecular weight is 350 g/mol. The van der Waals surface area contributed by atoms with Gasteiger partial charge in [-0.05, 0) is 24.3 Å². The summed E-state index contributed by atoms with van der Waals surface area (Å²) in [6, 6.07) is 5.20. The smallest absolute Gasteiger partial charge is 0.368 e. The summed E-state index contributed by atoms with van der Waals surface area (Å²) >= 11 is 0. The number of halogens is 4. The van der Waals surface area contributed by atoms with E-state index in [1.165, 1.54) is 12.1 Å². The van der Waals surface area contributed by atoms with Gasteiger partial charge in [0.05, 0.1) is 11.5 Å². The molecule has 4 nitrogen and oxygen atoms in total. The monoisotopic (exact) mass is 349 g/mol. The van der Waals surface area contributed by atoms with Crippen molar-refractivity contribution in [3.05, 3.63) is 29.8 Å². The summed E-state index contributed by atoms with van der Waals surface area (Å²) in [5.74, 6) is 0.281. The SMILES string of the molecule is Cl.O=C(C1CNC1)N1CCN(c2ccc(C(F)(F)F)cc2)CC1. The number of carbonyl (C=O) groups excluding carboxylic acids is 1. The molecule has 128 valence electrons. The molecule has 3 rings (SSSR count). The van der Waals surface area contributed by atoms with Crippen LogP contribution in [-0.4, -0.2) is 50.1 Å². The molecule has 23 heavy (non-hydrogen) atoms. The normalized spacial score (nSPS) is 19.1. The molecule has 2 aliphatic heterocycles. The second-order valence-corrected chi connectivity index (χ2v) is 5.71. The predicted molar refractivity (Wildman–Crippen MR) is 83.8 cm³/mol. The number of rotatable bonds is 2. The van der Waals surface area contributed by atoms with Gasteiger partial charge >= 0.3 is 6.18 Å². The maximum absolute atomic E-state index is 12.6. The van der Waals surface area contributed by atoms with Gasteiger partial charge in [-0.25, -0.2) is 0 Å². The van der Waals surface area contributed by atoms with Gasteiger partial charge in [0.1, 0.15) is 0 Å².